The molecule has 0 unspecified atom stereocenters. The summed E-state index contributed by atoms with van der Waals surface area (Å²) in [5, 5.41) is 0. The first-order valence-corrected chi connectivity index (χ1v) is 5.90. The van der Waals surface area contributed by atoms with Crippen LogP contribution in [0.2, 0.25) is 0 Å². The van der Waals surface area contributed by atoms with Crippen molar-refractivity contribution >= 4 is 0 Å². The van der Waals surface area contributed by atoms with Crippen molar-refractivity contribution in [2.24, 2.45) is 0 Å². The molecule has 0 aliphatic carbocycles. The molecule has 0 amide bonds. The number of unbranched alkanes of at least 4 members (excludes halogenated alkanes) is 2. The molecule has 0 saturated heterocycles. The van der Waals surface area contributed by atoms with E-state index < -0.39 is 0 Å². The summed E-state index contributed by atoms with van der Waals surface area (Å²) in [6, 6.07) is 10.2. The van der Waals surface area contributed by atoms with Crippen LogP contribution in [0.3, 0.4) is 0 Å². The molecular weight excluding hydrogens is 196 g/mol. The predicted octanol–water partition coefficient (Wildman–Crippen LogP) is 4.46. The fourth-order valence-electron chi connectivity index (χ4n) is 1.32. The summed E-state index contributed by atoms with van der Waals surface area (Å²) in [6.07, 6.45) is 11.6. The van der Waals surface area contributed by atoms with Crippen molar-refractivity contribution in [3.63, 3.8) is 0 Å². The lowest BCUT2D eigenvalue weighted by molar-refractivity contribution is 0.236. The Morgan fingerprint density at radius 3 is 2.69 bits per heavy atom. The summed E-state index contributed by atoms with van der Waals surface area (Å²) in [5.74, 6) is 0. The van der Waals surface area contributed by atoms with Crippen molar-refractivity contribution in [1.29, 1.82) is 0 Å². The van der Waals surface area contributed by atoms with Gasteiger partial charge in [-0.2, -0.15) is 0 Å². The molecule has 1 nitrogen and oxygen atoms in total. The maximum absolute atomic E-state index is 5.39. The van der Waals surface area contributed by atoms with E-state index in [4.69, 9.17) is 4.74 Å². The Morgan fingerprint density at radius 1 is 1.12 bits per heavy atom. The Hall–Kier alpha value is -1.50. The zero-order valence-corrected chi connectivity index (χ0v) is 9.93. The molecule has 1 heteroatoms. The van der Waals surface area contributed by atoms with Gasteiger partial charge in [0.1, 0.15) is 6.61 Å². The van der Waals surface area contributed by atoms with Gasteiger partial charge in [-0.25, -0.2) is 0 Å². The van der Waals surface area contributed by atoms with Crippen LogP contribution in [0.4, 0.5) is 0 Å². The van der Waals surface area contributed by atoms with Crippen molar-refractivity contribution in [2.45, 2.75) is 32.8 Å². The number of ether oxygens (including phenoxy) is 1. The first kappa shape index (κ1) is 12.6. The topological polar surface area (TPSA) is 9.23 Å². The van der Waals surface area contributed by atoms with Crippen LogP contribution in [-0.4, -0.2) is 0 Å². The highest BCUT2D eigenvalue weighted by molar-refractivity contribution is 5.13. The van der Waals surface area contributed by atoms with E-state index >= 15 is 0 Å². The summed E-state index contributed by atoms with van der Waals surface area (Å²) in [7, 11) is 0. The number of hydrogen-bond donors (Lipinski definition) is 0. The van der Waals surface area contributed by atoms with E-state index in [0.717, 1.165) is 6.42 Å². The predicted molar refractivity (Wildman–Crippen MR) is 69.0 cm³/mol. The third-order valence-electron chi connectivity index (χ3n) is 2.24. The van der Waals surface area contributed by atoms with Crippen molar-refractivity contribution in [2.75, 3.05) is 0 Å². The first-order chi connectivity index (χ1) is 7.93. The van der Waals surface area contributed by atoms with E-state index in [1.165, 1.54) is 18.4 Å². The monoisotopic (exact) mass is 216 g/mol. The summed E-state index contributed by atoms with van der Waals surface area (Å²) in [6.45, 7) is 2.84. The van der Waals surface area contributed by atoms with Gasteiger partial charge in [0.25, 0.3) is 0 Å². The zero-order valence-electron chi connectivity index (χ0n) is 9.93. The van der Waals surface area contributed by atoms with Crippen LogP contribution in [0.25, 0.3) is 0 Å². The first-order valence-electron chi connectivity index (χ1n) is 5.90. The van der Waals surface area contributed by atoms with Gasteiger partial charge in [0, 0.05) is 0 Å². The molecule has 0 aromatic heterocycles. The Bertz CT molecular complexity index is 311. The van der Waals surface area contributed by atoms with Gasteiger partial charge < -0.3 is 4.74 Å². The summed E-state index contributed by atoms with van der Waals surface area (Å²) < 4.78 is 5.39. The lowest BCUT2D eigenvalue weighted by atomic mass is 10.2. The second kappa shape index (κ2) is 8.78. The minimum atomic E-state index is 0.639. The van der Waals surface area contributed by atoms with E-state index in [1.54, 1.807) is 6.26 Å². The second-order valence-electron chi connectivity index (χ2n) is 3.70. The van der Waals surface area contributed by atoms with Crippen LogP contribution in [-0.2, 0) is 11.3 Å². The van der Waals surface area contributed by atoms with Crippen molar-refractivity contribution < 1.29 is 4.74 Å². The molecule has 0 atom stereocenters. The van der Waals surface area contributed by atoms with Gasteiger partial charge in [0.2, 0.25) is 0 Å². The Kier molecular flexibility index (Phi) is 6.90. The molecule has 0 spiro atoms. The summed E-state index contributed by atoms with van der Waals surface area (Å²) >= 11 is 0. The molecule has 0 N–H and O–H groups in total. The van der Waals surface area contributed by atoms with Gasteiger partial charge in [-0.05, 0) is 18.1 Å². The van der Waals surface area contributed by atoms with Gasteiger partial charge in [0.05, 0.1) is 6.26 Å². The van der Waals surface area contributed by atoms with Crippen molar-refractivity contribution in [3.8, 4) is 0 Å². The maximum Gasteiger partial charge on any atom is 0.112 e. The molecule has 0 aliphatic rings. The van der Waals surface area contributed by atoms with Crippen LogP contribution in [0.15, 0.2) is 54.8 Å². The number of allylic oxidation sites excluding steroid dienone is 3. The highest BCUT2D eigenvalue weighted by atomic mass is 16.5. The van der Waals surface area contributed by atoms with E-state index in [9.17, 15) is 0 Å². The SMILES string of the molecule is CCCCC=CC=COCc1ccccc1. The number of benzene rings is 1. The van der Waals surface area contributed by atoms with Crippen LogP contribution in [0.1, 0.15) is 31.7 Å². The van der Waals surface area contributed by atoms with Gasteiger partial charge >= 0.3 is 0 Å². The van der Waals surface area contributed by atoms with Gasteiger partial charge in [-0.1, -0.05) is 62.2 Å². The normalized spacial score (nSPS) is 11.3. The van der Waals surface area contributed by atoms with Crippen LogP contribution >= 0.6 is 0 Å². The quantitative estimate of drug-likeness (QED) is 0.371. The summed E-state index contributed by atoms with van der Waals surface area (Å²) in [4.78, 5) is 0. The van der Waals surface area contributed by atoms with Gasteiger partial charge in [-0.15, -0.1) is 0 Å². The van der Waals surface area contributed by atoms with Crippen molar-refractivity contribution in [1.82, 2.24) is 0 Å². The largest absolute Gasteiger partial charge is 0.497 e. The molecule has 0 fully saturated rings. The average Bonchev–Trinajstić information content (AvgIpc) is 2.34. The molecule has 0 bridgehead atoms. The van der Waals surface area contributed by atoms with Crippen molar-refractivity contribution in [3.05, 3.63) is 60.4 Å². The fourth-order valence-corrected chi connectivity index (χ4v) is 1.32. The van der Waals surface area contributed by atoms with Gasteiger partial charge in [0.15, 0.2) is 0 Å². The highest BCUT2D eigenvalue weighted by Gasteiger charge is 1.86. The molecule has 0 radical (unpaired) electrons. The third kappa shape index (κ3) is 6.07. The van der Waals surface area contributed by atoms with E-state index in [0.29, 0.717) is 6.61 Å². The molecule has 0 heterocycles. The molecule has 86 valence electrons. The van der Waals surface area contributed by atoms with Crippen LogP contribution in [0, 0.1) is 0 Å². The minimum Gasteiger partial charge on any atom is -0.497 e. The summed E-state index contributed by atoms with van der Waals surface area (Å²) in [5.41, 5.74) is 1.20. The minimum absolute atomic E-state index is 0.639. The molecule has 1 rings (SSSR count). The Labute approximate surface area is 98.5 Å². The number of rotatable bonds is 7. The van der Waals surface area contributed by atoms with Gasteiger partial charge in [-0.3, -0.25) is 0 Å². The van der Waals surface area contributed by atoms with E-state index in [1.807, 2.05) is 30.4 Å². The molecule has 1 aromatic rings. The molecular formula is C15H20O. The zero-order chi connectivity index (χ0) is 11.5. The van der Waals surface area contributed by atoms with Crippen LogP contribution < -0.4 is 0 Å². The number of hydrogen-bond acceptors (Lipinski definition) is 1. The Morgan fingerprint density at radius 2 is 1.94 bits per heavy atom. The Balaban J connectivity index is 2.11. The fraction of sp³-hybridized carbons (Fsp3) is 0.333. The standard InChI is InChI=1S/C15H20O/c1-2-3-4-5-6-10-13-16-14-15-11-8-7-9-12-15/h5-13H,2-4,14H2,1H3. The maximum atomic E-state index is 5.39. The smallest absolute Gasteiger partial charge is 0.112 e. The lowest BCUT2D eigenvalue weighted by Gasteiger charge is -1.99. The third-order valence-corrected chi connectivity index (χ3v) is 2.24. The molecule has 0 aliphatic heterocycles. The molecule has 0 saturated carbocycles. The van der Waals surface area contributed by atoms with Crippen LogP contribution in [0.5, 0.6) is 0 Å². The lowest BCUT2D eigenvalue weighted by Crippen LogP contribution is -1.84. The molecule has 1 aromatic carbocycles. The highest BCUT2D eigenvalue weighted by Crippen LogP contribution is 2.00. The average molecular weight is 216 g/mol. The van der Waals surface area contributed by atoms with E-state index in [2.05, 4.69) is 25.1 Å². The van der Waals surface area contributed by atoms with E-state index in [-0.39, 0.29) is 0 Å². The molecule has 16 heavy (non-hydrogen) atoms. The second-order valence-corrected chi connectivity index (χ2v) is 3.70.